The second kappa shape index (κ2) is 14.4. The van der Waals surface area contributed by atoms with Crippen molar-refractivity contribution in [3.63, 3.8) is 0 Å². The van der Waals surface area contributed by atoms with Crippen LogP contribution in [-0.2, 0) is 28.8 Å². The minimum atomic E-state index is -3.97. The number of quaternary nitrogens is 1. The highest BCUT2D eigenvalue weighted by molar-refractivity contribution is 7.85. The first-order valence-electron chi connectivity index (χ1n) is 9.90. The van der Waals surface area contributed by atoms with E-state index in [0.717, 1.165) is 30.1 Å². The van der Waals surface area contributed by atoms with Gasteiger partial charge in [0.2, 0.25) is 0 Å². The summed E-state index contributed by atoms with van der Waals surface area (Å²) in [5, 5.41) is 10.4. The molecule has 9 nitrogen and oxygen atoms in total. The van der Waals surface area contributed by atoms with Gasteiger partial charge < -0.3 is 23.2 Å². The smallest absolute Gasteiger partial charge is 0.427 e. The molecule has 0 radical (unpaired) electrons. The molecule has 0 N–H and O–H groups in total. The highest BCUT2D eigenvalue weighted by Crippen LogP contribution is 2.09. The van der Waals surface area contributed by atoms with Gasteiger partial charge in [-0.15, -0.1) is 4.40 Å². The van der Waals surface area contributed by atoms with Crippen LogP contribution < -0.4 is 5.11 Å². The molecule has 1 aliphatic rings. The lowest BCUT2D eigenvalue weighted by molar-refractivity contribution is -0.909. The molecule has 0 spiro atoms. The highest BCUT2D eigenvalue weighted by atomic mass is 32.2. The first-order valence-corrected chi connectivity index (χ1v) is 11.3. The first kappa shape index (κ1) is 27.4. The Labute approximate surface area is 175 Å². The van der Waals surface area contributed by atoms with Gasteiger partial charge in [-0.1, -0.05) is 39.0 Å². The molecule has 0 amide bonds. The van der Waals surface area contributed by atoms with Gasteiger partial charge in [-0.3, -0.25) is 4.79 Å². The summed E-state index contributed by atoms with van der Waals surface area (Å²) in [6.07, 6.45) is 8.73. The SMILES string of the molecule is CC1=CC([O-])=NS(=O)(=O)O1.CCCCCCCCOC[N+](C)(C)CCOC(C)=O. The average molecular weight is 437 g/mol. The summed E-state index contributed by atoms with van der Waals surface area (Å²) < 4.78 is 39.1. The number of nitrogens with zero attached hydrogens (tertiary/aromatic N) is 2. The predicted molar refractivity (Wildman–Crippen MR) is 109 cm³/mol. The van der Waals surface area contributed by atoms with Gasteiger partial charge in [-0.2, -0.15) is 8.42 Å². The third kappa shape index (κ3) is 17.0. The second-order valence-electron chi connectivity index (χ2n) is 7.50. The Kier molecular flexibility index (Phi) is 13.5. The Morgan fingerprint density at radius 1 is 1.17 bits per heavy atom. The van der Waals surface area contributed by atoms with Crippen LogP contribution in [0.5, 0.6) is 0 Å². The summed E-state index contributed by atoms with van der Waals surface area (Å²) >= 11 is 0. The van der Waals surface area contributed by atoms with E-state index >= 15 is 0 Å². The molecule has 0 aromatic carbocycles. The Hall–Kier alpha value is -1.65. The fourth-order valence-electron chi connectivity index (χ4n) is 2.32. The average Bonchev–Trinajstić information content (AvgIpc) is 2.55. The summed E-state index contributed by atoms with van der Waals surface area (Å²) in [6, 6.07) is 0. The van der Waals surface area contributed by atoms with Crippen molar-refractivity contribution in [2.45, 2.75) is 59.3 Å². The van der Waals surface area contributed by atoms with Crippen molar-refractivity contribution in [3.05, 3.63) is 11.8 Å². The topological polar surface area (TPSA) is 114 Å². The maximum atomic E-state index is 10.7. The van der Waals surface area contributed by atoms with Crippen molar-refractivity contribution in [2.24, 2.45) is 4.40 Å². The Bertz CT molecular complexity index is 643. The maximum Gasteiger partial charge on any atom is 0.427 e. The summed E-state index contributed by atoms with van der Waals surface area (Å²) in [6.45, 7) is 7.80. The van der Waals surface area contributed by atoms with E-state index < -0.39 is 16.2 Å². The molecule has 10 heteroatoms. The second-order valence-corrected chi connectivity index (χ2v) is 8.70. The van der Waals surface area contributed by atoms with E-state index in [1.807, 2.05) is 0 Å². The Morgan fingerprint density at radius 2 is 1.79 bits per heavy atom. The lowest BCUT2D eigenvalue weighted by atomic mass is 10.1. The van der Waals surface area contributed by atoms with Crippen LogP contribution in [0.25, 0.3) is 0 Å². The fraction of sp³-hybridized carbons (Fsp3) is 0.789. The van der Waals surface area contributed by atoms with Crippen LogP contribution in [0.2, 0.25) is 0 Å². The third-order valence-electron chi connectivity index (χ3n) is 3.85. The molecule has 0 fully saturated rings. The molecule has 0 atom stereocenters. The molecule has 1 aliphatic heterocycles. The van der Waals surface area contributed by atoms with Gasteiger partial charge >= 0.3 is 16.3 Å². The van der Waals surface area contributed by atoms with E-state index in [1.165, 1.54) is 46.0 Å². The monoisotopic (exact) mass is 436 g/mol. The van der Waals surface area contributed by atoms with E-state index in [1.54, 1.807) is 0 Å². The molecule has 1 rings (SSSR count). The number of hydrogen-bond acceptors (Lipinski definition) is 7. The van der Waals surface area contributed by atoms with E-state index in [-0.39, 0.29) is 11.7 Å². The number of likely N-dealkylation sites (N-methyl/N-ethyl adjacent to an activating group) is 1. The normalized spacial score (nSPS) is 15.3. The third-order valence-corrected chi connectivity index (χ3v) is 4.73. The predicted octanol–water partition coefficient (Wildman–Crippen LogP) is 1.88. The minimum Gasteiger partial charge on any atom is -0.858 e. The van der Waals surface area contributed by atoms with Gasteiger partial charge in [0.1, 0.15) is 18.9 Å². The van der Waals surface area contributed by atoms with Crippen molar-refractivity contribution in [1.29, 1.82) is 0 Å². The molecule has 29 heavy (non-hydrogen) atoms. The largest absolute Gasteiger partial charge is 0.858 e. The maximum absolute atomic E-state index is 10.7. The van der Waals surface area contributed by atoms with Crippen molar-refractivity contribution < 1.29 is 36.5 Å². The van der Waals surface area contributed by atoms with Crippen molar-refractivity contribution in [1.82, 2.24) is 0 Å². The standard InChI is InChI=1S/C15H32NO3.C4H5NO4S/c1-5-6-7-8-9-10-12-18-14-16(3,4)11-13-19-15(2)17;1-3-2-4(6)5-10(7,8)9-3/h5-14H2,1-4H3;2H,1H3,(H,5,6)/q+1;/p-1. The fourth-order valence-corrected chi connectivity index (χ4v) is 3.01. The lowest BCUT2D eigenvalue weighted by Gasteiger charge is -2.28. The number of carbonyl (C=O) groups excluding carboxylic acids is 1. The zero-order chi connectivity index (χ0) is 22.3. The Morgan fingerprint density at radius 3 is 2.34 bits per heavy atom. The van der Waals surface area contributed by atoms with Crippen LogP contribution in [0.4, 0.5) is 0 Å². The summed E-state index contributed by atoms with van der Waals surface area (Å²) in [4.78, 5) is 10.7. The van der Waals surface area contributed by atoms with Crippen LogP contribution in [0, 0.1) is 0 Å². The molecule has 0 unspecified atom stereocenters. The molecule has 1 heterocycles. The van der Waals surface area contributed by atoms with Crippen LogP contribution >= 0.6 is 0 Å². The van der Waals surface area contributed by atoms with Gasteiger partial charge in [-0.05, 0) is 19.4 Å². The Balaban J connectivity index is 0.000000651. The molecule has 170 valence electrons. The highest BCUT2D eigenvalue weighted by Gasteiger charge is 2.15. The number of unbranched alkanes of at least 4 members (excludes halogenated alkanes) is 5. The van der Waals surface area contributed by atoms with Gasteiger partial charge in [0, 0.05) is 12.8 Å². The molecular weight excluding hydrogens is 400 g/mol. The van der Waals surface area contributed by atoms with Crippen molar-refractivity contribution in [3.8, 4) is 0 Å². The van der Waals surface area contributed by atoms with Gasteiger partial charge in [0.05, 0.1) is 20.7 Å². The number of ether oxygens (including phenoxy) is 2. The van der Waals surface area contributed by atoms with Crippen molar-refractivity contribution >= 4 is 22.2 Å². The number of hydrogen-bond donors (Lipinski definition) is 0. The van der Waals surface area contributed by atoms with Crippen LogP contribution in [-0.4, -0.2) is 65.4 Å². The molecule has 0 aromatic rings. The van der Waals surface area contributed by atoms with Gasteiger partial charge in [0.25, 0.3) is 0 Å². The molecule has 0 saturated carbocycles. The van der Waals surface area contributed by atoms with E-state index in [2.05, 4.69) is 29.6 Å². The van der Waals surface area contributed by atoms with Gasteiger partial charge in [0.15, 0.2) is 6.73 Å². The molecule has 0 aliphatic carbocycles. The minimum absolute atomic E-state index is 0.0417. The zero-order valence-corrected chi connectivity index (χ0v) is 19.1. The summed E-state index contributed by atoms with van der Waals surface area (Å²) in [7, 11) is 0.202. The number of rotatable bonds is 12. The molecule has 0 bridgehead atoms. The molecular formula is C19H36N2O7S. The van der Waals surface area contributed by atoms with Crippen molar-refractivity contribution in [2.75, 3.05) is 40.6 Å². The van der Waals surface area contributed by atoms with Crippen LogP contribution in [0.1, 0.15) is 59.3 Å². The number of allylic oxidation sites excluding steroid dienone is 1. The zero-order valence-electron chi connectivity index (χ0n) is 18.3. The lowest BCUT2D eigenvalue weighted by Crippen LogP contribution is -2.44. The molecule has 0 saturated heterocycles. The van der Waals surface area contributed by atoms with Crippen LogP contribution in [0.3, 0.4) is 0 Å². The van der Waals surface area contributed by atoms with E-state index in [9.17, 15) is 18.3 Å². The molecule has 0 aromatic heterocycles. The van der Waals surface area contributed by atoms with Gasteiger partial charge in [-0.25, -0.2) is 0 Å². The number of esters is 1. The van der Waals surface area contributed by atoms with E-state index in [4.69, 9.17) is 9.47 Å². The summed E-state index contributed by atoms with van der Waals surface area (Å²) in [5.74, 6) is -0.975. The summed E-state index contributed by atoms with van der Waals surface area (Å²) in [5.41, 5.74) is 0. The van der Waals surface area contributed by atoms with E-state index in [0.29, 0.717) is 13.3 Å². The number of carbonyl (C=O) groups is 1. The first-order chi connectivity index (χ1) is 13.5. The quantitative estimate of drug-likeness (QED) is 0.199. The van der Waals surface area contributed by atoms with Crippen LogP contribution in [0.15, 0.2) is 16.2 Å².